The van der Waals surface area contributed by atoms with Crippen LogP contribution in [0.15, 0.2) is 18.5 Å². The number of hydrogen-bond acceptors (Lipinski definition) is 2. The van der Waals surface area contributed by atoms with Gasteiger partial charge in [0.05, 0.1) is 0 Å². The highest BCUT2D eigenvalue weighted by Crippen LogP contribution is 2.38. The van der Waals surface area contributed by atoms with Gasteiger partial charge in [0, 0.05) is 18.9 Å². The van der Waals surface area contributed by atoms with E-state index in [2.05, 4.69) is 28.6 Å². The molecule has 0 radical (unpaired) electrons. The van der Waals surface area contributed by atoms with Crippen molar-refractivity contribution >= 4 is 12.6 Å². The highest BCUT2D eigenvalue weighted by Gasteiger charge is 2.31. The van der Waals surface area contributed by atoms with Crippen molar-refractivity contribution in [3.63, 3.8) is 0 Å². The van der Waals surface area contributed by atoms with Gasteiger partial charge in [0.25, 0.3) is 0 Å². The van der Waals surface area contributed by atoms with Crippen molar-refractivity contribution in [1.29, 1.82) is 0 Å². The van der Waals surface area contributed by atoms with E-state index in [0.29, 0.717) is 5.41 Å². The fraction of sp³-hybridized carbons (Fsp3) is 0.727. The number of thiol groups is 1. The molecule has 0 bridgehead atoms. The molecule has 2 rings (SSSR count). The van der Waals surface area contributed by atoms with E-state index in [1.165, 1.54) is 32.1 Å². The Balaban J connectivity index is 2.04. The molecule has 1 heterocycles. The molecule has 1 saturated carbocycles. The van der Waals surface area contributed by atoms with Gasteiger partial charge in [-0.1, -0.05) is 19.3 Å². The Labute approximate surface area is 91.1 Å². The van der Waals surface area contributed by atoms with Gasteiger partial charge < -0.3 is 0 Å². The fourth-order valence-corrected chi connectivity index (χ4v) is 2.82. The van der Waals surface area contributed by atoms with Crippen molar-refractivity contribution in [3.05, 3.63) is 18.5 Å². The molecule has 0 spiro atoms. The van der Waals surface area contributed by atoms with Gasteiger partial charge in [0.2, 0.25) is 0 Å². The van der Waals surface area contributed by atoms with Gasteiger partial charge >= 0.3 is 0 Å². The lowest BCUT2D eigenvalue weighted by Gasteiger charge is -2.35. The SMILES string of the molecule is SCC1(Cn2cccn2)CCCCC1. The quantitative estimate of drug-likeness (QED) is 0.760. The van der Waals surface area contributed by atoms with Crippen molar-refractivity contribution in [1.82, 2.24) is 9.78 Å². The van der Waals surface area contributed by atoms with Gasteiger partial charge in [0.15, 0.2) is 0 Å². The third kappa shape index (κ3) is 2.14. The van der Waals surface area contributed by atoms with E-state index in [4.69, 9.17) is 0 Å². The van der Waals surface area contributed by atoms with Crippen LogP contribution in [0.1, 0.15) is 32.1 Å². The Morgan fingerprint density at radius 2 is 2.07 bits per heavy atom. The summed E-state index contributed by atoms with van der Waals surface area (Å²) in [5.41, 5.74) is 0.410. The van der Waals surface area contributed by atoms with Crippen LogP contribution in [0.3, 0.4) is 0 Å². The van der Waals surface area contributed by atoms with Gasteiger partial charge in [-0.15, -0.1) is 0 Å². The topological polar surface area (TPSA) is 17.8 Å². The van der Waals surface area contributed by atoms with E-state index < -0.39 is 0 Å². The van der Waals surface area contributed by atoms with Gasteiger partial charge in [-0.25, -0.2) is 0 Å². The summed E-state index contributed by atoms with van der Waals surface area (Å²) < 4.78 is 2.06. The van der Waals surface area contributed by atoms with Crippen LogP contribution in [0.5, 0.6) is 0 Å². The first kappa shape index (κ1) is 10.1. The maximum absolute atomic E-state index is 4.52. The smallest absolute Gasteiger partial charge is 0.0489 e. The molecule has 0 unspecified atom stereocenters. The second-order valence-corrected chi connectivity index (χ2v) is 4.74. The molecule has 1 aliphatic carbocycles. The summed E-state index contributed by atoms with van der Waals surface area (Å²) in [5.74, 6) is 0.993. The maximum Gasteiger partial charge on any atom is 0.0489 e. The Morgan fingerprint density at radius 3 is 2.64 bits per heavy atom. The first-order chi connectivity index (χ1) is 6.85. The number of rotatable bonds is 3. The molecular formula is C11H18N2S. The summed E-state index contributed by atoms with van der Waals surface area (Å²) >= 11 is 4.52. The molecule has 1 aromatic heterocycles. The molecule has 1 aromatic rings. The molecule has 14 heavy (non-hydrogen) atoms. The summed E-state index contributed by atoms with van der Waals surface area (Å²) in [6.07, 6.45) is 10.7. The van der Waals surface area contributed by atoms with Crippen LogP contribution in [-0.2, 0) is 6.54 Å². The highest BCUT2D eigenvalue weighted by molar-refractivity contribution is 7.80. The minimum Gasteiger partial charge on any atom is -0.272 e. The minimum atomic E-state index is 0.410. The second-order valence-electron chi connectivity index (χ2n) is 4.42. The van der Waals surface area contributed by atoms with E-state index in [1.54, 1.807) is 0 Å². The van der Waals surface area contributed by atoms with Crippen molar-refractivity contribution in [3.8, 4) is 0 Å². The third-order valence-corrected chi connectivity index (χ3v) is 3.98. The zero-order valence-electron chi connectivity index (χ0n) is 8.52. The zero-order valence-corrected chi connectivity index (χ0v) is 9.42. The second kappa shape index (κ2) is 4.39. The number of nitrogens with zero attached hydrogens (tertiary/aromatic N) is 2. The monoisotopic (exact) mass is 210 g/mol. The summed E-state index contributed by atoms with van der Waals surface area (Å²) in [4.78, 5) is 0. The highest BCUT2D eigenvalue weighted by atomic mass is 32.1. The molecule has 1 fully saturated rings. The molecule has 0 atom stereocenters. The first-order valence-electron chi connectivity index (χ1n) is 5.43. The molecule has 0 aliphatic heterocycles. The van der Waals surface area contributed by atoms with Crippen LogP contribution in [0.25, 0.3) is 0 Å². The van der Waals surface area contributed by atoms with Crippen molar-refractivity contribution in [2.75, 3.05) is 5.75 Å². The lowest BCUT2D eigenvalue weighted by atomic mass is 9.75. The molecule has 78 valence electrons. The number of hydrogen-bond donors (Lipinski definition) is 1. The van der Waals surface area contributed by atoms with Gasteiger partial charge in [-0.3, -0.25) is 4.68 Å². The zero-order chi connectivity index (χ0) is 9.86. The minimum absolute atomic E-state index is 0.410. The van der Waals surface area contributed by atoms with Crippen LogP contribution < -0.4 is 0 Å². The van der Waals surface area contributed by atoms with Crippen molar-refractivity contribution < 1.29 is 0 Å². The summed E-state index contributed by atoms with van der Waals surface area (Å²) in [6.45, 7) is 1.05. The van der Waals surface area contributed by atoms with Gasteiger partial charge in [-0.2, -0.15) is 17.7 Å². The molecule has 0 aromatic carbocycles. The molecular weight excluding hydrogens is 192 g/mol. The summed E-state index contributed by atoms with van der Waals surface area (Å²) in [5, 5.41) is 4.29. The Bertz CT molecular complexity index is 263. The first-order valence-corrected chi connectivity index (χ1v) is 6.06. The van der Waals surface area contributed by atoms with Crippen LogP contribution in [0.4, 0.5) is 0 Å². The number of aromatic nitrogens is 2. The molecule has 0 amide bonds. The van der Waals surface area contributed by atoms with E-state index in [0.717, 1.165) is 12.3 Å². The Hall–Kier alpha value is -0.440. The standard InChI is InChI=1S/C11H18N2S/c14-10-11(5-2-1-3-6-11)9-13-8-4-7-12-13/h4,7-8,14H,1-3,5-6,9-10H2. The maximum atomic E-state index is 4.52. The summed E-state index contributed by atoms with van der Waals surface area (Å²) in [7, 11) is 0. The van der Waals surface area contributed by atoms with Crippen molar-refractivity contribution in [2.45, 2.75) is 38.6 Å². The average molecular weight is 210 g/mol. The predicted octanol–water partition coefficient (Wildman–Crippen LogP) is 2.76. The Morgan fingerprint density at radius 1 is 1.29 bits per heavy atom. The van der Waals surface area contributed by atoms with Gasteiger partial charge in [0.1, 0.15) is 0 Å². The molecule has 2 nitrogen and oxygen atoms in total. The molecule has 1 aliphatic rings. The predicted molar refractivity (Wildman–Crippen MR) is 61.6 cm³/mol. The van der Waals surface area contributed by atoms with Crippen LogP contribution in [0.2, 0.25) is 0 Å². The summed E-state index contributed by atoms with van der Waals surface area (Å²) in [6, 6.07) is 2.00. The van der Waals surface area contributed by atoms with Crippen LogP contribution in [-0.4, -0.2) is 15.5 Å². The lowest BCUT2D eigenvalue weighted by molar-refractivity contribution is 0.182. The average Bonchev–Trinajstić information content (AvgIpc) is 2.72. The molecule has 0 saturated heterocycles. The van der Waals surface area contributed by atoms with E-state index in [9.17, 15) is 0 Å². The third-order valence-electron chi connectivity index (χ3n) is 3.31. The lowest BCUT2D eigenvalue weighted by Crippen LogP contribution is -2.31. The van der Waals surface area contributed by atoms with Gasteiger partial charge in [-0.05, 0) is 30.1 Å². The van der Waals surface area contributed by atoms with Crippen molar-refractivity contribution in [2.24, 2.45) is 5.41 Å². The largest absolute Gasteiger partial charge is 0.272 e. The van der Waals surface area contributed by atoms with Crippen LogP contribution in [0, 0.1) is 5.41 Å². The van der Waals surface area contributed by atoms with Crippen LogP contribution >= 0.6 is 12.6 Å². The molecule has 3 heteroatoms. The Kier molecular flexibility index (Phi) is 3.16. The molecule has 0 N–H and O–H groups in total. The fourth-order valence-electron chi connectivity index (χ4n) is 2.41. The van der Waals surface area contributed by atoms with E-state index in [-0.39, 0.29) is 0 Å². The van der Waals surface area contributed by atoms with E-state index >= 15 is 0 Å². The van der Waals surface area contributed by atoms with E-state index in [1.807, 2.05) is 12.3 Å². The normalized spacial score (nSPS) is 20.9.